The van der Waals surface area contributed by atoms with Gasteiger partial charge in [-0.3, -0.25) is 29.8 Å². The van der Waals surface area contributed by atoms with Gasteiger partial charge >= 0.3 is 0 Å². The summed E-state index contributed by atoms with van der Waals surface area (Å²) in [6.45, 7) is 4.46. The lowest BCUT2D eigenvalue weighted by molar-refractivity contribution is 0.0848. The number of thiazole rings is 1. The molecule has 3 heterocycles. The van der Waals surface area contributed by atoms with Crippen LogP contribution in [0, 0.1) is 6.92 Å². The minimum Gasteiger partial charge on any atom is -0.378 e. The number of morpholine rings is 1. The molecule has 4 aromatic rings. The van der Waals surface area contributed by atoms with Gasteiger partial charge < -0.3 is 9.64 Å². The van der Waals surface area contributed by atoms with Gasteiger partial charge in [-0.25, -0.2) is 9.97 Å². The number of para-hydroxylation sites is 1. The van der Waals surface area contributed by atoms with Gasteiger partial charge in [0.1, 0.15) is 11.2 Å². The summed E-state index contributed by atoms with van der Waals surface area (Å²) in [5, 5.41) is 1.27. The van der Waals surface area contributed by atoms with Crippen LogP contribution in [0.5, 0.6) is 0 Å². The van der Waals surface area contributed by atoms with Crippen molar-refractivity contribution in [3.05, 3.63) is 81.3 Å². The normalized spacial score (nSPS) is 13.6. The Labute approximate surface area is 204 Å². The Morgan fingerprint density at radius 3 is 2.49 bits per heavy atom. The predicted molar refractivity (Wildman–Crippen MR) is 132 cm³/mol. The van der Waals surface area contributed by atoms with Crippen LogP contribution in [0.1, 0.15) is 25.7 Å². The van der Waals surface area contributed by atoms with Crippen molar-refractivity contribution in [2.45, 2.75) is 6.92 Å². The fourth-order valence-corrected chi connectivity index (χ4v) is 4.77. The monoisotopic (exact) mass is 490 g/mol. The van der Waals surface area contributed by atoms with Gasteiger partial charge in [-0.05, 0) is 43.3 Å². The van der Waals surface area contributed by atoms with Crippen LogP contribution in [0.2, 0.25) is 0 Å². The Kier molecular flexibility index (Phi) is 6.25. The molecule has 1 fully saturated rings. The molecule has 1 saturated heterocycles. The molecule has 2 aromatic carbocycles. The Balaban J connectivity index is 1.25. The highest BCUT2D eigenvalue weighted by atomic mass is 32.1. The number of amides is 2. The van der Waals surface area contributed by atoms with Crippen LogP contribution in [0.25, 0.3) is 16.6 Å². The Bertz CT molecular complexity index is 1460. The highest BCUT2D eigenvalue weighted by Crippen LogP contribution is 2.26. The predicted octanol–water partition coefficient (Wildman–Crippen LogP) is 2.06. The molecule has 0 spiro atoms. The summed E-state index contributed by atoms with van der Waals surface area (Å²) in [5.41, 5.74) is 6.81. The maximum Gasteiger partial charge on any atom is 0.281 e. The van der Waals surface area contributed by atoms with Gasteiger partial charge in [-0.15, -0.1) is 0 Å². The lowest BCUT2D eigenvalue weighted by Crippen LogP contribution is -2.41. The molecule has 178 valence electrons. The van der Waals surface area contributed by atoms with Crippen LogP contribution in [0.3, 0.4) is 0 Å². The number of carbonyl (C=O) groups is 2. The second-order valence-electron chi connectivity index (χ2n) is 7.90. The molecule has 11 heteroatoms. The minimum absolute atomic E-state index is 0.198. The molecule has 2 aromatic heterocycles. The van der Waals surface area contributed by atoms with Gasteiger partial charge in [0.25, 0.3) is 17.4 Å². The number of hydrogen-bond donors (Lipinski definition) is 2. The number of anilines is 1. The molecule has 0 saturated carbocycles. The molecule has 0 bridgehead atoms. The first-order chi connectivity index (χ1) is 17.0. The summed E-state index contributed by atoms with van der Waals surface area (Å²) >= 11 is 1.28. The minimum atomic E-state index is -0.482. The number of hydrogen-bond acceptors (Lipinski definition) is 8. The topological polar surface area (TPSA) is 118 Å². The molecule has 1 aliphatic rings. The molecular weight excluding hydrogens is 468 g/mol. The molecule has 0 radical (unpaired) electrons. The number of hydrazine groups is 1. The maximum absolute atomic E-state index is 12.8. The molecule has 2 amide bonds. The van der Waals surface area contributed by atoms with Crippen LogP contribution >= 0.6 is 11.3 Å². The Morgan fingerprint density at radius 2 is 1.71 bits per heavy atom. The number of aryl methyl sites for hydroxylation is 1. The molecule has 0 atom stereocenters. The molecule has 0 unspecified atom stereocenters. The first kappa shape index (κ1) is 22.7. The molecule has 10 nitrogen and oxygen atoms in total. The number of benzene rings is 2. The zero-order valence-corrected chi connectivity index (χ0v) is 19.7. The van der Waals surface area contributed by atoms with E-state index in [9.17, 15) is 14.4 Å². The fourth-order valence-electron chi connectivity index (χ4n) is 3.75. The second kappa shape index (κ2) is 9.65. The van der Waals surface area contributed by atoms with Gasteiger partial charge in [0.2, 0.25) is 0 Å². The van der Waals surface area contributed by atoms with Crippen molar-refractivity contribution in [3.63, 3.8) is 0 Å². The second-order valence-corrected chi connectivity index (χ2v) is 8.88. The van der Waals surface area contributed by atoms with E-state index in [4.69, 9.17) is 4.74 Å². The molecule has 35 heavy (non-hydrogen) atoms. The van der Waals surface area contributed by atoms with E-state index in [1.54, 1.807) is 49.4 Å². The van der Waals surface area contributed by atoms with E-state index in [1.165, 1.54) is 22.2 Å². The van der Waals surface area contributed by atoms with Crippen LogP contribution in [0.15, 0.2) is 59.7 Å². The number of carbonyl (C=O) groups excluding carboxylic acids is 2. The molecule has 0 aliphatic carbocycles. The largest absolute Gasteiger partial charge is 0.378 e. The van der Waals surface area contributed by atoms with Crippen molar-refractivity contribution in [2.75, 3.05) is 31.2 Å². The van der Waals surface area contributed by atoms with Crippen molar-refractivity contribution in [2.24, 2.45) is 0 Å². The van der Waals surface area contributed by atoms with E-state index < -0.39 is 11.8 Å². The highest BCUT2D eigenvalue weighted by Gasteiger charge is 2.21. The first-order valence-corrected chi connectivity index (χ1v) is 11.8. The van der Waals surface area contributed by atoms with E-state index in [1.807, 2.05) is 6.07 Å². The van der Waals surface area contributed by atoms with E-state index in [-0.39, 0.29) is 5.56 Å². The fraction of sp³-hybridized carbons (Fsp3) is 0.208. The van der Waals surface area contributed by atoms with E-state index >= 15 is 0 Å². The van der Waals surface area contributed by atoms with Crippen molar-refractivity contribution in [1.29, 1.82) is 0 Å². The average Bonchev–Trinajstić information content (AvgIpc) is 3.30. The summed E-state index contributed by atoms with van der Waals surface area (Å²) in [6, 6.07) is 13.6. The third kappa shape index (κ3) is 4.63. The summed E-state index contributed by atoms with van der Waals surface area (Å²) in [6.07, 6.45) is 1.46. The molecule has 5 rings (SSSR count). The molecule has 2 N–H and O–H groups in total. The van der Waals surface area contributed by atoms with Crippen molar-refractivity contribution in [3.8, 4) is 5.69 Å². The zero-order valence-electron chi connectivity index (χ0n) is 18.9. The van der Waals surface area contributed by atoms with Crippen molar-refractivity contribution < 1.29 is 14.3 Å². The van der Waals surface area contributed by atoms with Gasteiger partial charge in [0.05, 0.1) is 35.5 Å². The van der Waals surface area contributed by atoms with Crippen LogP contribution in [0.4, 0.5) is 5.13 Å². The number of aromatic nitrogens is 3. The number of ether oxygens (including phenoxy) is 1. The lowest BCUT2D eigenvalue weighted by atomic mass is 10.2. The Morgan fingerprint density at radius 1 is 1.00 bits per heavy atom. The smallest absolute Gasteiger partial charge is 0.281 e. The average molecular weight is 491 g/mol. The van der Waals surface area contributed by atoms with Gasteiger partial charge in [-0.2, -0.15) is 0 Å². The van der Waals surface area contributed by atoms with Crippen molar-refractivity contribution in [1.82, 2.24) is 25.4 Å². The Hall–Kier alpha value is -4.09. The number of nitrogens with one attached hydrogen (secondary N) is 2. The molecule has 1 aliphatic heterocycles. The lowest BCUT2D eigenvalue weighted by Gasteiger charge is -2.25. The van der Waals surface area contributed by atoms with E-state index in [0.29, 0.717) is 45.9 Å². The molecular formula is C24H22N6O4S. The third-order valence-corrected chi connectivity index (χ3v) is 6.85. The summed E-state index contributed by atoms with van der Waals surface area (Å²) < 4.78 is 6.78. The van der Waals surface area contributed by atoms with Crippen LogP contribution in [-0.4, -0.2) is 52.7 Å². The SMILES string of the molecule is Cc1nc(N2CCOCC2)sc1C(=O)NNC(=O)c1ccc(-n2cnc3ccccc3c2=O)cc1. The number of fused-ring (bicyclic) bond motifs is 1. The zero-order chi connectivity index (χ0) is 24.4. The quantitative estimate of drug-likeness (QED) is 0.421. The summed E-state index contributed by atoms with van der Waals surface area (Å²) in [5.74, 6) is -0.914. The van der Waals surface area contributed by atoms with Gasteiger partial charge in [-0.1, -0.05) is 23.5 Å². The number of nitrogens with zero attached hydrogens (tertiary/aromatic N) is 4. The first-order valence-electron chi connectivity index (χ1n) is 11.0. The van der Waals surface area contributed by atoms with Crippen molar-refractivity contribution >= 4 is 39.2 Å². The van der Waals surface area contributed by atoms with Gasteiger partial charge in [0.15, 0.2) is 5.13 Å². The van der Waals surface area contributed by atoms with Crippen LogP contribution in [-0.2, 0) is 4.74 Å². The van der Waals surface area contributed by atoms with Crippen LogP contribution < -0.4 is 21.3 Å². The van der Waals surface area contributed by atoms with Gasteiger partial charge in [0, 0.05) is 18.7 Å². The number of rotatable bonds is 4. The standard InChI is InChI=1S/C24H22N6O4S/c1-15-20(35-24(26-15)29-10-12-34-13-11-29)22(32)28-27-21(31)16-6-8-17(9-7-16)30-14-25-19-5-3-2-4-18(19)23(30)33/h2-9,14H,10-13H2,1H3,(H,27,31)(H,28,32). The van der Waals surface area contributed by atoms with E-state index in [0.717, 1.165) is 18.2 Å². The van der Waals surface area contributed by atoms with E-state index in [2.05, 4.69) is 25.7 Å². The maximum atomic E-state index is 12.8. The summed E-state index contributed by atoms with van der Waals surface area (Å²) in [4.78, 5) is 49.3. The highest BCUT2D eigenvalue weighted by molar-refractivity contribution is 7.17. The summed E-state index contributed by atoms with van der Waals surface area (Å²) in [7, 11) is 0. The third-order valence-electron chi connectivity index (χ3n) is 5.64.